The maximum absolute atomic E-state index is 5.19. The third-order valence-corrected chi connectivity index (χ3v) is 2.51. The van der Waals surface area contributed by atoms with Gasteiger partial charge < -0.3 is 13.7 Å². The van der Waals surface area contributed by atoms with Crippen molar-refractivity contribution >= 4 is 0 Å². The van der Waals surface area contributed by atoms with Crippen LogP contribution in [0.5, 0.6) is 5.75 Å². The highest BCUT2D eigenvalue weighted by molar-refractivity contribution is 5.58. The van der Waals surface area contributed by atoms with E-state index in [0.717, 1.165) is 11.3 Å². The number of hydrogen-bond acceptors (Lipinski definition) is 5. The molecule has 0 radical (unpaired) electrons. The Hall–Kier alpha value is -2.56. The number of methoxy groups -OCH3 is 1. The van der Waals surface area contributed by atoms with Gasteiger partial charge in [-0.15, -0.1) is 0 Å². The lowest BCUT2D eigenvalue weighted by molar-refractivity contribution is 0.414. The minimum absolute atomic E-state index is 0.366. The van der Waals surface area contributed by atoms with E-state index < -0.39 is 0 Å². The van der Waals surface area contributed by atoms with Crippen molar-refractivity contribution in [3.05, 3.63) is 42.7 Å². The predicted molar refractivity (Wildman–Crippen MR) is 64.0 cm³/mol. The molecule has 5 nitrogen and oxygen atoms in total. The number of aromatic nitrogens is 2. The van der Waals surface area contributed by atoms with Gasteiger partial charge in [0.05, 0.1) is 13.4 Å². The van der Waals surface area contributed by atoms with Gasteiger partial charge in [-0.25, -0.2) is 0 Å². The molecule has 2 heterocycles. The van der Waals surface area contributed by atoms with Crippen molar-refractivity contribution in [2.45, 2.75) is 0 Å². The summed E-state index contributed by atoms with van der Waals surface area (Å²) in [5.74, 6) is 2.23. The standard InChI is InChI=1S/C13H10N2O3/c1-16-10-6-4-9(5-7-10)12-14-13(18-15-12)11-3-2-8-17-11/h2-8H,1H3. The monoisotopic (exact) mass is 242 g/mol. The van der Waals surface area contributed by atoms with Crippen LogP contribution in [0.1, 0.15) is 0 Å². The van der Waals surface area contributed by atoms with E-state index in [1.807, 2.05) is 24.3 Å². The predicted octanol–water partition coefficient (Wildman–Crippen LogP) is 3.01. The van der Waals surface area contributed by atoms with Gasteiger partial charge in [-0.1, -0.05) is 5.16 Å². The third-order valence-electron chi connectivity index (χ3n) is 2.51. The molecule has 0 unspecified atom stereocenters. The average Bonchev–Trinajstić information content (AvgIpc) is 3.09. The maximum Gasteiger partial charge on any atom is 0.293 e. The van der Waals surface area contributed by atoms with Gasteiger partial charge in [0.25, 0.3) is 5.89 Å². The summed E-state index contributed by atoms with van der Waals surface area (Å²) in [6, 6.07) is 11.0. The molecule has 90 valence electrons. The second kappa shape index (κ2) is 4.37. The summed E-state index contributed by atoms with van der Waals surface area (Å²) < 4.78 is 15.4. The van der Waals surface area contributed by atoms with Gasteiger partial charge in [-0.3, -0.25) is 0 Å². The Morgan fingerprint density at radius 1 is 1.11 bits per heavy atom. The Labute approximate surface area is 103 Å². The van der Waals surface area contributed by atoms with Crippen LogP contribution in [0.4, 0.5) is 0 Å². The topological polar surface area (TPSA) is 61.3 Å². The fraction of sp³-hybridized carbons (Fsp3) is 0.0769. The SMILES string of the molecule is COc1ccc(-c2noc(-c3ccco3)n2)cc1. The molecule has 0 aliphatic rings. The van der Waals surface area contributed by atoms with Gasteiger partial charge in [0.1, 0.15) is 5.75 Å². The molecule has 0 fully saturated rings. The summed E-state index contributed by atoms with van der Waals surface area (Å²) in [5, 5.41) is 3.91. The molecular weight excluding hydrogens is 232 g/mol. The second-order valence-corrected chi connectivity index (χ2v) is 3.63. The molecule has 0 amide bonds. The fourth-order valence-electron chi connectivity index (χ4n) is 1.58. The van der Waals surface area contributed by atoms with Crippen molar-refractivity contribution in [1.29, 1.82) is 0 Å². The minimum Gasteiger partial charge on any atom is -0.497 e. The highest BCUT2D eigenvalue weighted by Gasteiger charge is 2.12. The molecule has 18 heavy (non-hydrogen) atoms. The Morgan fingerprint density at radius 3 is 2.61 bits per heavy atom. The number of furan rings is 1. The molecule has 0 aliphatic heterocycles. The maximum atomic E-state index is 5.19. The molecule has 0 atom stereocenters. The van der Waals surface area contributed by atoms with Crippen molar-refractivity contribution in [1.82, 2.24) is 10.1 Å². The minimum atomic E-state index is 0.366. The number of hydrogen-bond donors (Lipinski definition) is 0. The Kier molecular flexibility index (Phi) is 2.57. The number of rotatable bonds is 3. The largest absolute Gasteiger partial charge is 0.497 e. The molecule has 0 N–H and O–H groups in total. The third kappa shape index (κ3) is 1.86. The van der Waals surface area contributed by atoms with E-state index >= 15 is 0 Å². The lowest BCUT2D eigenvalue weighted by Crippen LogP contribution is -1.84. The zero-order chi connectivity index (χ0) is 12.4. The van der Waals surface area contributed by atoms with Gasteiger partial charge >= 0.3 is 0 Å². The number of benzene rings is 1. The summed E-state index contributed by atoms with van der Waals surface area (Å²) in [5.41, 5.74) is 0.859. The van der Waals surface area contributed by atoms with E-state index in [4.69, 9.17) is 13.7 Å². The van der Waals surface area contributed by atoms with Gasteiger partial charge in [-0.05, 0) is 36.4 Å². The van der Waals surface area contributed by atoms with Crippen molar-refractivity contribution in [2.75, 3.05) is 7.11 Å². The highest BCUT2D eigenvalue weighted by atomic mass is 16.5. The smallest absolute Gasteiger partial charge is 0.293 e. The number of ether oxygens (including phenoxy) is 1. The van der Waals surface area contributed by atoms with E-state index in [9.17, 15) is 0 Å². The van der Waals surface area contributed by atoms with Gasteiger partial charge in [0.2, 0.25) is 5.82 Å². The molecule has 2 aromatic heterocycles. The summed E-state index contributed by atoms with van der Waals surface area (Å²) in [6.45, 7) is 0. The molecule has 0 aliphatic carbocycles. The quantitative estimate of drug-likeness (QED) is 0.706. The van der Waals surface area contributed by atoms with E-state index in [0.29, 0.717) is 17.5 Å². The zero-order valence-corrected chi connectivity index (χ0v) is 9.66. The number of nitrogens with zero attached hydrogens (tertiary/aromatic N) is 2. The van der Waals surface area contributed by atoms with Crippen LogP contribution in [0.3, 0.4) is 0 Å². The van der Waals surface area contributed by atoms with Crippen LogP contribution in [0.15, 0.2) is 51.6 Å². The van der Waals surface area contributed by atoms with Crippen LogP contribution in [0, 0.1) is 0 Å². The molecule has 1 aromatic carbocycles. The molecule has 0 saturated carbocycles. The highest BCUT2D eigenvalue weighted by Crippen LogP contribution is 2.23. The lowest BCUT2D eigenvalue weighted by atomic mass is 10.2. The lowest BCUT2D eigenvalue weighted by Gasteiger charge is -1.98. The average molecular weight is 242 g/mol. The fourth-order valence-corrected chi connectivity index (χ4v) is 1.58. The van der Waals surface area contributed by atoms with Crippen molar-refractivity contribution in [3.63, 3.8) is 0 Å². The second-order valence-electron chi connectivity index (χ2n) is 3.63. The normalized spacial score (nSPS) is 10.5. The first-order chi connectivity index (χ1) is 8.86. The summed E-state index contributed by atoms with van der Waals surface area (Å²) in [7, 11) is 1.62. The van der Waals surface area contributed by atoms with E-state index in [1.54, 1.807) is 25.5 Å². The molecule has 5 heteroatoms. The Bertz CT molecular complexity index is 627. The Balaban J connectivity index is 1.92. The van der Waals surface area contributed by atoms with Crippen LogP contribution in [-0.2, 0) is 0 Å². The van der Waals surface area contributed by atoms with Crippen LogP contribution < -0.4 is 4.74 Å². The summed E-state index contributed by atoms with van der Waals surface area (Å²) in [6.07, 6.45) is 1.56. The van der Waals surface area contributed by atoms with E-state index in [-0.39, 0.29) is 0 Å². The van der Waals surface area contributed by atoms with Crippen molar-refractivity contribution in [3.8, 4) is 28.8 Å². The molecule has 3 aromatic rings. The molecular formula is C13H10N2O3. The molecule has 0 saturated heterocycles. The summed E-state index contributed by atoms with van der Waals surface area (Å²) >= 11 is 0. The van der Waals surface area contributed by atoms with Gasteiger partial charge in [0, 0.05) is 5.56 Å². The molecule has 0 spiro atoms. The summed E-state index contributed by atoms with van der Waals surface area (Å²) in [4.78, 5) is 4.27. The van der Waals surface area contributed by atoms with Crippen LogP contribution in [0.2, 0.25) is 0 Å². The molecule has 3 rings (SSSR count). The van der Waals surface area contributed by atoms with Gasteiger partial charge in [0.15, 0.2) is 5.76 Å². The van der Waals surface area contributed by atoms with Crippen LogP contribution in [0.25, 0.3) is 23.0 Å². The zero-order valence-electron chi connectivity index (χ0n) is 9.66. The first-order valence-corrected chi connectivity index (χ1v) is 5.39. The first-order valence-electron chi connectivity index (χ1n) is 5.39. The van der Waals surface area contributed by atoms with E-state index in [2.05, 4.69) is 10.1 Å². The van der Waals surface area contributed by atoms with E-state index in [1.165, 1.54) is 0 Å². The Morgan fingerprint density at radius 2 is 1.94 bits per heavy atom. The van der Waals surface area contributed by atoms with Crippen molar-refractivity contribution < 1.29 is 13.7 Å². The molecule has 0 bridgehead atoms. The first kappa shape index (κ1) is 10.6. The van der Waals surface area contributed by atoms with Crippen molar-refractivity contribution in [2.24, 2.45) is 0 Å². The van der Waals surface area contributed by atoms with Crippen LogP contribution in [-0.4, -0.2) is 17.3 Å². The van der Waals surface area contributed by atoms with Crippen LogP contribution >= 0.6 is 0 Å². The van der Waals surface area contributed by atoms with Gasteiger partial charge in [-0.2, -0.15) is 4.98 Å².